The number of nitrogens with zero attached hydrogens (tertiary/aromatic N) is 2. The second kappa shape index (κ2) is 10.4. The average Bonchev–Trinajstić information content (AvgIpc) is 3.40. The van der Waals surface area contributed by atoms with Gasteiger partial charge in [-0.25, -0.2) is 4.98 Å². The number of benzene rings is 3. The van der Waals surface area contributed by atoms with E-state index >= 15 is 0 Å². The zero-order valence-electron chi connectivity index (χ0n) is 18.4. The number of hydrogen-bond acceptors (Lipinski definition) is 3. The van der Waals surface area contributed by atoms with Gasteiger partial charge in [-0.15, -0.1) is 0 Å². The lowest BCUT2D eigenvalue weighted by atomic mass is 10.0. The maximum absolute atomic E-state index is 12.9. The predicted molar refractivity (Wildman–Crippen MR) is 128 cm³/mol. The highest BCUT2D eigenvalue weighted by molar-refractivity contribution is 5.94. The number of imidazole rings is 1. The van der Waals surface area contributed by atoms with Crippen molar-refractivity contribution >= 4 is 11.8 Å². The van der Waals surface area contributed by atoms with Crippen LogP contribution in [0, 0.1) is 0 Å². The van der Waals surface area contributed by atoms with Gasteiger partial charge in [0.25, 0.3) is 5.91 Å². The minimum Gasteiger partial charge on any atom is -0.350 e. The fourth-order valence-electron chi connectivity index (χ4n) is 3.68. The topological polar surface area (TPSA) is 76.0 Å². The molecule has 1 aromatic heterocycles. The Morgan fingerprint density at radius 1 is 0.848 bits per heavy atom. The van der Waals surface area contributed by atoms with Crippen LogP contribution in [0.3, 0.4) is 0 Å². The van der Waals surface area contributed by atoms with Crippen LogP contribution in [0.4, 0.5) is 0 Å². The third-order valence-corrected chi connectivity index (χ3v) is 5.51. The van der Waals surface area contributed by atoms with E-state index in [1.807, 2.05) is 90.5 Å². The first-order valence-electron chi connectivity index (χ1n) is 10.9. The molecule has 2 atom stereocenters. The zero-order chi connectivity index (χ0) is 23.0. The number of carbonyl (C=O) groups excluding carboxylic acids is 2. The minimum atomic E-state index is -0.435. The van der Waals surface area contributed by atoms with Gasteiger partial charge in [-0.1, -0.05) is 60.7 Å². The van der Waals surface area contributed by atoms with E-state index in [0.717, 1.165) is 16.8 Å². The molecule has 33 heavy (non-hydrogen) atoms. The summed E-state index contributed by atoms with van der Waals surface area (Å²) in [4.78, 5) is 29.7. The lowest BCUT2D eigenvalue weighted by Gasteiger charge is -2.21. The molecule has 4 aromatic rings. The molecule has 0 bridgehead atoms. The van der Waals surface area contributed by atoms with Crippen LogP contribution >= 0.6 is 0 Å². The molecule has 0 aliphatic rings. The first-order valence-corrected chi connectivity index (χ1v) is 10.9. The zero-order valence-corrected chi connectivity index (χ0v) is 18.4. The van der Waals surface area contributed by atoms with Crippen molar-refractivity contribution in [3.63, 3.8) is 0 Å². The molecule has 6 heteroatoms. The summed E-state index contributed by atoms with van der Waals surface area (Å²) >= 11 is 0. The van der Waals surface area contributed by atoms with Gasteiger partial charge >= 0.3 is 0 Å². The number of rotatable bonds is 8. The van der Waals surface area contributed by atoms with E-state index in [2.05, 4.69) is 15.6 Å². The van der Waals surface area contributed by atoms with E-state index in [1.54, 1.807) is 24.7 Å². The van der Waals surface area contributed by atoms with Gasteiger partial charge in [0.15, 0.2) is 0 Å². The lowest BCUT2D eigenvalue weighted by molar-refractivity contribution is -0.122. The Morgan fingerprint density at radius 2 is 1.52 bits per heavy atom. The van der Waals surface area contributed by atoms with Crippen LogP contribution in [0.5, 0.6) is 0 Å². The SMILES string of the molecule is C[C@@H](NC(=O)C[C@@H](NC(=O)c1ccccc1)c1ccccc1)c1ccc(-n2ccnc2)cc1. The maximum Gasteiger partial charge on any atom is 0.251 e. The molecule has 1 heterocycles. The molecule has 0 saturated heterocycles. The van der Waals surface area contributed by atoms with E-state index in [0.29, 0.717) is 5.56 Å². The fraction of sp³-hybridized carbons (Fsp3) is 0.148. The summed E-state index contributed by atoms with van der Waals surface area (Å²) in [6, 6.07) is 25.9. The van der Waals surface area contributed by atoms with Crippen molar-refractivity contribution < 1.29 is 9.59 Å². The molecule has 0 unspecified atom stereocenters. The van der Waals surface area contributed by atoms with Gasteiger partial charge in [0.05, 0.1) is 24.8 Å². The smallest absolute Gasteiger partial charge is 0.251 e. The second-order valence-electron chi connectivity index (χ2n) is 7.86. The van der Waals surface area contributed by atoms with Crippen molar-refractivity contribution in [1.82, 2.24) is 20.2 Å². The molecular formula is C27H26N4O2. The molecule has 2 N–H and O–H groups in total. The molecule has 0 aliphatic carbocycles. The standard InChI is InChI=1S/C27H26N4O2/c1-20(21-12-14-24(15-13-21)31-17-16-28-19-31)29-26(32)18-25(22-8-4-2-5-9-22)30-27(33)23-10-6-3-7-11-23/h2-17,19-20,25H,18H2,1H3,(H,29,32)(H,30,33)/t20-,25-/m1/s1. The van der Waals surface area contributed by atoms with Crippen LogP contribution in [-0.2, 0) is 4.79 Å². The molecule has 0 fully saturated rings. The normalized spacial score (nSPS) is 12.5. The van der Waals surface area contributed by atoms with Gasteiger partial charge in [-0.2, -0.15) is 0 Å². The molecule has 4 rings (SSSR count). The molecule has 2 amide bonds. The second-order valence-corrected chi connectivity index (χ2v) is 7.86. The first-order chi connectivity index (χ1) is 16.1. The molecular weight excluding hydrogens is 412 g/mol. The van der Waals surface area contributed by atoms with E-state index in [-0.39, 0.29) is 24.3 Å². The van der Waals surface area contributed by atoms with Gasteiger partial charge in [0.2, 0.25) is 5.91 Å². The van der Waals surface area contributed by atoms with Gasteiger partial charge in [-0.05, 0) is 42.3 Å². The van der Waals surface area contributed by atoms with Crippen LogP contribution in [-0.4, -0.2) is 21.4 Å². The molecule has 3 aromatic carbocycles. The summed E-state index contributed by atoms with van der Waals surface area (Å²) in [5.41, 5.74) is 3.44. The van der Waals surface area contributed by atoms with E-state index < -0.39 is 6.04 Å². The largest absolute Gasteiger partial charge is 0.350 e. The Morgan fingerprint density at radius 3 is 2.15 bits per heavy atom. The monoisotopic (exact) mass is 438 g/mol. The van der Waals surface area contributed by atoms with Crippen molar-refractivity contribution in [1.29, 1.82) is 0 Å². The number of nitrogens with one attached hydrogen (secondary N) is 2. The Labute approximate surface area is 193 Å². The Balaban J connectivity index is 1.42. The molecule has 0 radical (unpaired) electrons. The lowest BCUT2D eigenvalue weighted by Crippen LogP contribution is -2.34. The van der Waals surface area contributed by atoms with E-state index in [4.69, 9.17) is 0 Å². The number of aromatic nitrogens is 2. The highest BCUT2D eigenvalue weighted by Gasteiger charge is 2.20. The van der Waals surface area contributed by atoms with Crippen molar-refractivity contribution in [2.24, 2.45) is 0 Å². The summed E-state index contributed by atoms with van der Waals surface area (Å²) in [6.45, 7) is 1.95. The van der Waals surface area contributed by atoms with Crippen molar-refractivity contribution in [2.45, 2.75) is 25.4 Å². The predicted octanol–water partition coefficient (Wildman–Crippen LogP) is 4.61. The number of amides is 2. The summed E-state index contributed by atoms with van der Waals surface area (Å²) in [5.74, 6) is -0.344. The summed E-state index contributed by atoms with van der Waals surface area (Å²) < 4.78 is 1.92. The molecule has 0 saturated carbocycles. The fourth-order valence-corrected chi connectivity index (χ4v) is 3.68. The van der Waals surface area contributed by atoms with Crippen LogP contribution in [0.1, 0.15) is 46.9 Å². The Kier molecular flexibility index (Phi) is 6.95. The molecule has 0 aliphatic heterocycles. The van der Waals surface area contributed by atoms with Gasteiger partial charge in [0, 0.05) is 23.6 Å². The summed E-state index contributed by atoms with van der Waals surface area (Å²) in [7, 11) is 0. The van der Waals surface area contributed by atoms with Gasteiger partial charge in [-0.3, -0.25) is 9.59 Å². The minimum absolute atomic E-state index is 0.136. The average molecular weight is 439 g/mol. The third kappa shape index (κ3) is 5.74. The summed E-state index contributed by atoms with van der Waals surface area (Å²) in [6.07, 6.45) is 5.50. The first kappa shape index (κ1) is 22.0. The highest BCUT2D eigenvalue weighted by Crippen LogP contribution is 2.20. The van der Waals surface area contributed by atoms with E-state index in [1.165, 1.54) is 0 Å². The van der Waals surface area contributed by atoms with Crippen LogP contribution < -0.4 is 10.6 Å². The van der Waals surface area contributed by atoms with Crippen LogP contribution in [0.15, 0.2) is 104 Å². The number of carbonyl (C=O) groups is 2. The van der Waals surface area contributed by atoms with Crippen molar-refractivity contribution in [2.75, 3.05) is 0 Å². The van der Waals surface area contributed by atoms with Crippen molar-refractivity contribution in [3.8, 4) is 5.69 Å². The third-order valence-electron chi connectivity index (χ3n) is 5.51. The molecule has 6 nitrogen and oxygen atoms in total. The maximum atomic E-state index is 12.9. The molecule has 0 spiro atoms. The van der Waals surface area contributed by atoms with Crippen LogP contribution in [0.25, 0.3) is 5.69 Å². The Hall–Kier alpha value is -4.19. The quantitative estimate of drug-likeness (QED) is 0.422. The van der Waals surface area contributed by atoms with Crippen molar-refractivity contribution in [3.05, 3.63) is 120 Å². The van der Waals surface area contributed by atoms with E-state index in [9.17, 15) is 9.59 Å². The van der Waals surface area contributed by atoms with Gasteiger partial charge < -0.3 is 15.2 Å². The Bertz CT molecular complexity index is 1170. The number of hydrogen-bond donors (Lipinski definition) is 2. The van der Waals surface area contributed by atoms with Gasteiger partial charge in [0.1, 0.15) is 0 Å². The van der Waals surface area contributed by atoms with Crippen LogP contribution in [0.2, 0.25) is 0 Å². The highest BCUT2D eigenvalue weighted by atomic mass is 16.2. The summed E-state index contributed by atoms with van der Waals surface area (Å²) in [5, 5.41) is 6.06. The molecule has 166 valence electrons.